The van der Waals surface area contributed by atoms with Crippen LogP contribution in [0.1, 0.15) is 33.6 Å². The molecule has 1 unspecified atom stereocenters. The van der Waals surface area contributed by atoms with Crippen LogP contribution in [0, 0.1) is 5.92 Å². The van der Waals surface area contributed by atoms with Crippen molar-refractivity contribution in [1.82, 2.24) is 15.1 Å². The molecule has 5 heteroatoms. The van der Waals surface area contributed by atoms with E-state index in [1.807, 2.05) is 13.8 Å². The number of carbonyl (C=O) groups excluding carboxylic acids is 1. The fourth-order valence-corrected chi connectivity index (χ4v) is 3.12. The standard InChI is InChI=1S/C15H29N3O2/c1-12-4-7-17(8-5-12)10-13(19)11-18-9-6-16-14(20)15(18,2)3/h12-13,19H,4-11H2,1-3H3,(H,16,20). The highest BCUT2D eigenvalue weighted by Crippen LogP contribution is 2.19. The fourth-order valence-electron chi connectivity index (χ4n) is 3.12. The zero-order valence-corrected chi connectivity index (χ0v) is 13.1. The Morgan fingerprint density at radius 3 is 2.60 bits per heavy atom. The summed E-state index contributed by atoms with van der Waals surface area (Å²) >= 11 is 0. The first-order valence-electron chi connectivity index (χ1n) is 7.83. The molecule has 2 saturated heterocycles. The number of carbonyl (C=O) groups is 1. The van der Waals surface area contributed by atoms with Gasteiger partial charge in [0.05, 0.1) is 11.6 Å². The highest BCUT2D eigenvalue weighted by Gasteiger charge is 2.38. The van der Waals surface area contributed by atoms with E-state index < -0.39 is 5.54 Å². The van der Waals surface area contributed by atoms with Crippen LogP contribution in [-0.4, -0.2) is 71.7 Å². The van der Waals surface area contributed by atoms with Crippen LogP contribution >= 0.6 is 0 Å². The first-order valence-corrected chi connectivity index (χ1v) is 7.83. The van der Waals surface area contributed by atoms with Gasteiger partial charge in [0.15, 0.2) is 0 Å². The molecule has 2 N–H and O–H groups in total. The summed E-state index contributed by atoms with van der Waals surface area (Å²) in [4.78, 5) is 16.3. The number of likely N-dealkylation sites (tertiary alicyclic amines) is 1. The molecule has 2 aliphatic heterocycles. The van der Waals surface area contributed by atoms with Crippen LogP contribution < -0.4 is 5.32 Å². The zero-order chi connectivity index (χ0) is 14.8. The van der Waals surface area contributed by atoms with Crippen molar-refractivity contribution in [3.05, 3.63) is 0 Å². The van der Waals surface area contributed by atoms with Gasteiger partial charge >= 0.3 is 0 Å². The van der Waals surface area contributed by atoms with E-state index in [0.717, 1.165) is 32.1 Å². The van der Waals surface area contributed by atoms with Crippen LogP contribution in [-0.2, 0) is 4.79 Å². The minimum absolute atomic E-state index is 0.0581. The van der Waals surface area contributed by atoms with E-state index in [0.29, 0.717) is 13.1 Å². The number of piperazine rings is 1. The second-order valence-electron chi connectivity index (χ2n) is 6.90. The largest absolute Gasteiger partial charge is 0.390 e. The fraction of sp³-hybridized carbons (Fsp3) is 0.933. The van der Waals surface area contributed by atoms with E-state index in [1.165, 1.54) is 12.8 Å². The van der Waals surface area contributed by atoms with E-state index in [9.17, 15) is 9.90 Å². The molecule has 0 aromatic rings. The summed E-state index contributed by atoms with van der Waals surface area (Å²) in [7, 11) is 0. The molecule has 1 atom stereocenters. The molecular weight excluding hydrogens is 254 g/mol. The summed E-state index contributed by atoms with van der Waals surface area (Å²) in [5.41, 5.74) is -0.518. The second kappa shape index (κ2) is 6.41. The maximum absolute atomic E-state index is 11.9. The van der Waals surface area contributed by atoms with Crippen LogP contribution in [0.4, 0.5) is 0 Å². The molecule has 0 aromatic carbocycles. The van der Waals surface area contributed by atoms with Crippen molar-refractivity contribution in [2.24, 2.45) is 5.92 Å². The highest BCUT2D eigenvalue weighted by molar-refractivity contribution is 5.86. The van der Waals surface area contributed by atoms with Gasteiger partial charge in [-0.05, 0) is 45.7 Å². The van der Waals surface area contributed by atoms with Gasteiger partial charge in [0.2, 0.25) is 5.91 Å². The number of nitrogens with zero attached hydrogens (tertiary/aromatic N) is 2. The van der Waals surface area contributed by atoms with Crippen molar-refractivity contribution < 1.29 is 9.90 Å². The Morgan fingerprint density at radius 1 is 1.30 bits per heavy atom. The lowest BCUT2D eigenvalue weighted by Gasteiger charge is -2.42. The third-order valence-electron chi connectivity index (χ3n) is 4.79. The summed E-state index contributed by atoms with van der Waals surface area (Å²) in [6.07, 6.45) is 2.07. The summed E-state index contributed by atoms with van der Waals surface area (Å²) in [6, 6.07) is 0. The molecule has 5 nitrogen and oxygen atoms in total. The maximum atomic E-state index is 11.9. The lowest BCUT2D eigenvalue weighted by molar-refractivity contribution is -0.136. The molecule has 0 saturated carbocycles. The first-order chi connectivity index (χ1) is 9.39. The Labute approximate surface area is 122 Å². The van der Waals surface area contributed by atoms with Crippen molar-refractivity contribution in [3.63, 3.8) is 0 Å². The summed E-state index contributed by atoms with van der Waals surface area (Å²) in [5.74, 6) is 0.871. The number of amides is 1. The molecule has 0 aliphatic carbocycles. The molecule has 116 valence electrons. The molecule has 2 rings (SSSR count). The van der Waals surface area contributed by atoms with Crippen LogP contribution in [0.15, 0.2) is 0 Å². The lowest BCUT2D eigenvalue weighted by Crippen LogP contribution is -2.63. The summed E-state index contributed by atoms with van der Waals surface area (Å²) < 4.78 is 0. The molecule has 1 amide bonds. The van der Waals surface area contributed by atoms with Gasteiger partial charge in [-0.1, -0.05) is 6.92 Å². The van der Waals surface area contributed by atoms with Crippen molar-refractivity contribution in [1.29, 1.82) is 0 Å². The van der Waals surface area contributed by atoms with Crippen molar-refractivity contribution >= 4 is 5.91 Å². The first kappa shape index (κ1) is 15.7. The SMILES string of the molecule is CC1CCN(CC(O)CN2CCNC(=O)C2(C)C)CC1. The minimum Gasteiger partial charge on any atom is -0.390 e. The van der Waals surface area contributed by atoms with Gasteiger partial charge in [-0.2, -0.15) is 0 Å². The molecule has 0 radical (unpaired) electrons. The smallest absolute Gasteiger partial charge is 0.240 e. The Hall–Kier alpha value is -0.650. The van der Waals surface area contributed by atoms with Crippen molar-refractivity contribution in [2.75, 3.05) is 39.3 Å². The highest BCUT2D eigenvalue weighted by atomic mass is 16.3. The monoisotopic (exact) mass is 283 g/mol. The normalized spacial score (nSPS) is 27.3. The van der Waals surface area contributed by atoms with Gasteiger partial charge in [0.1, 0.15) is 0 Å². The van der Waals surface area contributed by atoms with E-state index >= 15 is 0 Å². The van der Waals surface area contributed by atoms with E-state index in [-0.39, 0.29) is 12.0 Å². The van der Waals surface area contributed by atoms with Gasteiger partial charge < -0.3 is 15.3 Å². The Bertz CT molecular complexity index is 338. The van der Waals surface area contributed by atoms with Crippen LogP contribution in [0.3, 0.4) is 0 Å². The summed E-state index contributed by atoms with van der Waals surface area (Å²) in [6.45, 7) is 11.1. The van der Waals surface area contributed by atoms with Gasteiger partial charge in [0, 0.05) is 26.2 Å². The van der Waals surface area contributed by atoms with Crippen LogP contribution in [0.2, 0.25) is 0 Å². The number of rotatable bonds is 4. The predicted molar refractivity (Wildman–Crippen MR) is 79.5 cm³/mol. The van der Waals surface area contributed by atoms with Gasteiger partial charge in [-0.15, -0.1) is 0 Å². The van der Waals surface area contributed by atoms with Crippen molar-refractivity contribution in [3.8, 4) is 0 Å². The number of aliphatic hydroxyl groups is 1. The quantitative estimate of drug-likeness (QED) is 0.779. The van der Waals surface area contributed by atoms with Crippen LogP contribution in [0.25, 0.3) is 0 Å². The molecule has 0 spiro atoms. The lowest BCUT2D eigenvalue weighted by atomic mass is 9.97. The number of piperidine rings is 1. The molecule has 2 heterocycles. The maximum Gasteiger partial charge on any atom is 0.240 e. The Morgan fingerprint density at radius 2 is 1.95 bits per heavy atom. The number of β-amino-alcohol motifs (C(OH)–C–C–N with tert-alkyl or cyclic N) is 1. The topological polar surface area (TPSA) is 55.8 Å². The third kappa shape index (κ3) is 3.71. The van der Waals surface area contributed by atoms with E-state index in [4.69, 9.17) is 0 Å². The van der Waals surface area contributed by atoms with Crippen LogP contribution in [0.5, 0.6) is 0 Å². The average Bonchev–Trinajstić information content (AvgIpc) is 2.38. The Balaban J connectivity index is 1.81. The zero-order valence-electron chi connectivity index (χ0n) is 13.1. The second-order valence-corrected chi connectivity index (χ2v) is 6.90. The Kier molecular flexibility index (Phi) is 5.04. The number of aliphatic hydroxyl groups excluding tert-OH is 1. The van der Waals surface area contributed by atoms with Gasteiger partial charge in [-0.25, -0.2) is 0 Å². The predicted octanol–water partition coefficient (Wildman–Crippen LogP) is 0.290. The van der Waals surface area contributed by atoms with Gasteiger partial charge in [-0.3, -0.25) is 9.69 Å². The van der Waals surface area contributed by atoms with Crippen molar-refractivity contribution in [2.45, 2.75) is 45.3 Å². The minimum atomic E-state index is -0.518. The molecule has 20 heavy (non-hydrogen) atoms. The number of hydrogen-bond donors (Lipinski definition) is 2. The number of nitrogens with one attached hydrogen (secondary N) is 1. The van der Waals surface area contributed by atoms with Gasteiger partial charge in [0.25, 0.3) is 0 Å². The molecule has 0 aromatic heterocycles. The van der Waals surface area contributed by atoms with E-state index in [2.05, 4.69) is 22.0 Å². The molecule has 2 aliphatic rings. The third-order valence-corrected chi connectivity index (χ3v) is 4.79. The molecular formula is C15H29N3O2. The van der Waals surface area contributed by atoms with E-state index in [1.54, 1.807) is 0 Å². The molecule has 0 bridgehead atoms. The summed E-state index contributed by atoms with van der Waals surface area (Å²) in [5, 5.41) is 13.2. The number of hydrogen-bond acceptors (Lipinski definition) is 4. The average molecular weight is 283 g/mol. The molecule has 2 fully saturated rings.